The smallest absolute Gasteiger partial charge is 0.350 e. The van der Waals surface area contributed by atoms with Crippen molar-refractivity contribution in [3.8, 4) is 0 Å². The van der Waals surface area contributed by atoms with Gasteiger partial charge in [-0.15, -0.1) is 11.3 Å². The third kappa shape index (κ3) is 6.74. The summed E-state index contributed by atoms with van der Waals surface area (Å²) in [6.07, 6.45) is 0. The summed E-state index contributed by atoms with van der Waals surface area (Å²) < 4.78 is 5.10. The Morgan fingerprint density at radius 3 is 2.69 bits per heavy atom. The molecule has 0 amide bonds. The van der Waals surface area contributed by atoms with E-state index in [9.17, 15) is 4.79 Å². The zero-order valence-corrected chi connectivity index (χ0v) is 18.7. The van der Waals surface area contributed by atoms with E-state index in [4.69, 9.17) is 4.74 Å². The second kappa shape index (κ2) is 11.4. The molecule has 0 saturated carbocycles. The minimum absolute atomic E-state index is 0.0773. The molecule has 0 spiro atoms. The van der Waals surface area contributed by atoms with E-state index in [0.29, 0.717) is 23.7 Å². The lowest BCUT2D eigenvalue weighted by molar-refractivity contribution is 0.0531. The van der Waals surface area contributed by atoms with Gasteiger partial charge in [0.2, 0.25) is 0 Å². The van der Waals surface area contributed by atoms with Crippen LogP contribution in [0.5, 0.6) is 0 Å². The molecule has 0 bridgehead atoms. The number of aliphatic imine (C=N–C) groups is 1. The molecule has 1 unspecified atom stereocenters. The Hall–Kier alpha value is -2.61. The zero-order chi connectivity index (χ0) is 21.2. The number of carbonyl (C=O) groups is 1. The first-order valence-electron chi connectivity index (χ1n) is 9.91. The number of ether oxygens (including phenoxy) is 1. The number of hydrogen-bond donors (Lipinski definition) is 2. The number of anilines is 1. The van der Waals surface area contributed by atoms with E-state index < -0.39 is 0 Å². The van der Waals surface area contributed by atoms with Crippen LogP contribution in [0.3, 0.4) is 0 Å². The molecule has 7 nitrogen and oxygen atoms in total. The Labute approximate surface area is 177 Å². The lowest BCUT2D eigenvalue weighted by Crippen LogP contribution is -2.39. The Morgan fingerprint density at radius 2 is 2.03 bits per heavy atom. The summed E-state index contributed by atoms with van der Waals surface area (Å²) >= 11 is 1.36. The minimum Gasteiger partial charge on any atom is -0.462 e. The van der Waals surface area contributed by atoms with Crippen molar-refractivity contribution in [1.82, 2.24) is 15.6 Å². The van der Waals surface area contributed by atoms with Gasteiger partial charge in [0.15, 0.2) is 5.96 Å². The van der Waals surface area contributed by atoms with Gasteiger partial charge in [0, 0.05) is 25.8 Å². The van der Waals surface area contributed by atoms with E-state index in [0.717, 1.165) is 24.1 Å². The van der Waals surface area contributed by atoms with Gasteiger partial charge in [0.05, 0.1) is 24.9 Å². The average Bonchev–Trinajstić information content (AvgIpc) is 3.11. The highest BCUT2D eigenvalue weighted by Crippen LogP contribution is 2.24. The molecule has 0 aliphatic carbocycles. The van der Waals surface area contributed by atoms with E-state index in [1.165, 1.54) is 17.0 Å². The number of hydrogen-bond acceptors (Lipinski definition) is 6. The molecule has 0 aliphatic heterocycles. The summed E-state index contributed by atoms with van der Waals surface area (Å²) in [5, 5.41) is 7.47. The number of thiazole rings is 1. The molecule has 1 aromatic carbocycles. The number of carbonyl (C=O) groups excluding carboxylic acids is 1. The predicted octanol–water partition coefficient (Wildman–Crippen LogP) is 3.38. The Balaban J connectivity index is 1.99. The van der Waals surface area contributed by atoms with Crippen molar-refractivity contribution in [2.75, 3.05) is 38.2 Å². The van der Waals surface area contributed by atoms with Crippen LogP contribution in [0.15, 0.2) is 35.3 Å². The van der Waals surface area contributed by atoms with Gasteiger partial charge in [-0.05, 0) is 39.8 Å². The van der Waals surface area contributed by atoms with Crippen LogP contribution >= 0.6 is 11.3 Å². The van der Waals surface area contributed by atoms with Crippen LogP contribution in [0.4, 0.5) is 5.69 Å². The van der Waals surface area contributed by atoms with Crippen LogP contribution in [0.2, 0.25) is 0 Å². The first-order valence-corrected chi connectivity index (χ1v) is 10.7. The third-order valence-corrected chi connectivity index (χ3v) is 5.56. The van der Waals surface area contributed by atoms with Crippen LogP contribution in [0, 0.1) is 6.92 Å². The van der Waals surface area contributed by atoms with Crippen LogP contribution in [0.1, 0.15) is 47.2 Å². The van der Waals surface area contributed by atoms with Gasteiger partial charge < -0.3 is 20.3 Å². The molecule has 1 heterocycles. The summed E-state index contributed by atoms with van der Waals surface area (Å²) in [6, 6.07) is 10.2. The SMILES string of the molecule is CCNC(=NCCN(C)c1ccccc1)NC(C)c1nc(C)c(C(=O)OCC)s1. The van der Waals surface area contributed by atoms with Crippen molar-refractivity contribution in [2.24, 2.45) is 4.99 Å². The highest BCUT2D eigenvalue weighted by Gasteiger charge is 2.20. The molecule has 0 saturated heterocycles. The molecule has 0 fully saturated rings. The normalized spacial score (nSPS) is 12.4. The van der Waals surface area contributed by atoms with Gasteiger partial charge >= 0.3 is 5.97 Å². The lowest BCUT2D eigenvalue weighted by Gasteiger charge is -2.19. The molecular formula is C21H31N5O2S. The second-order valence-corrected chi connectivity index (χ2v) is 7.60. The minimum atomic E-state index is -0.314. The number of nitrogens with zero attached hydrogens (tertiary/aromatic N) is 3. The molecule has 2 rings (SSSR count). The maximum atomic E-state index is 12.0. The lowest BCUT2D eigenvalue weighted by atomic mass is 10.3. The van der Waals surface area contributed by atoms with E-state index in [2.05, 4.69) is 44.7 Å². The summed E-state index contributed by atoms with van der Waals surface area (Å²) in [4.78, 5) is 24.0. The number of guanidine groups is 1. The standard InChI is InChI=1S/C21H31N5O2S/c1-6-22-21(23-13-14-26(5)17-11-9-8-10-12-17)25-16(4)19-24-15(3)18(29-19)20(27)28-7-2/h8-12,16H,6-7,13-14H2,1-5H3,(H2,22,23,25). The highest BCUT2D eigenvalue weighted by molar-refractivity contribution is 7.13. The van der Waals surface area contributed by atoms with Gasteiger partial charge in [0.1, 0.15) is 9.88 Å². The van der Waals surface area contributed by atoms with Crippen molar-refractivity contribution in [2.45, 2.75) is 33.7 Å². The maximum absolute atomic E-state index is 12.0. The van der Waals surface area contributed by atoms with Crippen LogP contribution in [-0.4, -0.2) is 50.2 Å². The van der Waals surface area contributed by atoms with Gasteiger partial charge in [-0.1, -0.05) is 18.2 Å². The van der Waals surface area contributed by atoms with E-state index in [-0.39, 0.29) is 12.0 Å². The molecule has 0 aliphatic rings. The van der Waals surface area contributed by atoms with Crippen LogP contribution in [-0.2, 0) is 4.74 Å². The number of para-hydroxylation sites is 1. The molecule has 8 heteroatoms. The van der Waals surface area contributed by atoms with Gasteiger partial charge in [-0.3, -0.25) is 4.99 Å². The van der Waals surface area contributed by atoms with Crippen molar-refractivity contribution in [3.63, 3.8) is 0 Å². The largest absolute Gasteiger partial charge is 0.462 e. The van der Waals surface area contributed by atoms with E-state index >= 15 is 0 Å². The molecule has 158 valence electrons. The fourth-order valence-corrected chi connectivity index (χ4v) is 3.66. The Bertz CT molecular complexity index is 807. The average molecular weight is 418 g/mol. The number of aryl methyl sites for hydroxylation is 1. The fraction of sp³-hybridized carbons (Fsp3) is 0.476. The monoisotopic (exact) mass is 417 g/mol. The number of esters is 1. The molecule has 0 radical (unpaired) electrons. The van der Waals surface area contributed by atoms with Crippen molar-refractivity contribution in [3.05, 3.63) is 45.9 Å². The van der Waals surface area contributed by atoms with Crippen LogP contribution < -0.4 is 15.5 Å². The molecule has 1 aromatic heterocycles. The number of likely N-dealkylation sites (N-methyl/N-ethyl adjacent to an activating group) is 1. The molecule has 2 aromatic rings. The van der Waals surface area contributed by atoms with Crippen molar-refractivity contribution >= 4 is 29.0 Å². The Kier molecular flexibility index (Phi) is 8.92. The van der Waals surface area contributed by atoms with E-state index in [1.54, 1.807) is 6.92 Å². The fourth-order valence-electron chi connectivity index (χ4n) is 2.70. The number of rotatable bonds is 9. The van der Waals surface area contributed by atoms with Crippen molar-refractivity contribution < 1.29 is 9.53 Å². The molecule has 2 N–H and O–H groups in total. The Morgan fingerprint density at radius 1 is 1.31 bits per heavy atom. The maximum Gasteiger partial charge on any atom is 0.350 e. The van der Waals surface area contributed by atoms with Crippen LogP contribution in [0.25, 0.3) is 0 Å². The van der Waals surface area contributed by atoms with Gasteiger partial charge in [0.25, 0.3) is 0 Å². The summed E-state index contributed by atoms with van der Waals surface area (Å²) in [5.41, 5.74) is 1.86. The first kappa shape index (κ1) is 22.7. The number of benzene rings is 1. The summed E-state index contributed by atoms with van der Waals surface area (Å²) in [5.74, 6) is 0.414. The highest BCUT2D eigenvalue weighted by atomic mass is 32.1. The zero-order valence-electron chi connectivity index (χ0n) is 17.9. The molecular weight excluding hydrogens is 386 g/mol. The summed E-state index contributed by atoms with van der Waals surface area (Å²) in [6.45, 7) is 10.2. The molecule has 29 heavy (non-hydrogen) atoms. The van der Waals surface area contributed by atoms with Gasteiger partial charge in [-0.2, -0.15) is 0 Å². The second-order valence-electron chi connectivity index (χ2n) is 6.57. The predicted molar refractivity (Wildman–Crippen MR) is 120 cm³/mol. The molecule has 1 atom stereocenters. The van der Waals surface area contributed by atoms with Crippen molar-refractivity contribution in [1.29, 1.82) is 0 Å². The third-order valence-electron chi connectivity index (χ3n) is 4.24. The topological polar surface area (TPSA) is 78.9 Å². The number of aromatic nitrogens is 1. The van der Waals surface area contributed by atoms with Gasteiger partial charge in [-0.25, -0.2) is 9.78 Å². The van der Waals surface area contributed by atoms with E-state index in [1.807, 2.05) is 39.0 Å². The quantitative estimate of drug-likeness (QED) is 0.370. The summed E-state index contributed by atoms with van der Waals surface area (Å²) in [7, 11) is 2.06. The number of nitrogens with one attached hydrogen (secondary N) is 2. The first-order chi connectivity index (χ1) is 14.0.